The molecule has 1 aliphatic heterocycles. The number of methoxy groups -OCH3 is 1. The van der Waals surface area contributed by atoms with E-state index in [0.29, 0.717) is 18.5 Å². The Morgan fingerprint density at radius 3 is 2.53 bits per heavy atom. The second-order valence-electron chi connectivity index (χ2n) is 7.28. The van der Waals surface area contributed by atoms with Gasteiger partial charge in [-0.25, -0.2) is 4.39 Å². The first-order valence-electron chi connectivity index (χ1n) is 9.52. The molecule has 0 unspecified atom stereocenters. The van der Waals surface area contributed by atoms with Gasteiger partial charge in [-0.2, -0.15) is 0 Å². The van der Waals surface area contributed by atoms with E-state index >= 15 is 0 Å². The summed E-state index contributed by atoms with van der Waals surface area (Å²) in [4.78, 5) is 33.1. The molecule has 1 fully saturated rings. The van der Waals surface area contributed by atoms with Crippen LogP contribution in [-0.2, 0) is 9.59 Å². The maximum Gasteiger partial charge on any atom is 0.295 e. The molecule has 1 aromatic heterocycles. The molecule has 1 aliphatic rings. The number of aliphatic hydroxyl groups is 1. The number of likely N-dealkylation sites (tertiary alicyclic amines) is 1. The highest BCUT2D eigenvalue weighted by Gasteiger charge is 2.45. The number of benzene rings is 1. The molecule has 0 aliphatic carbocycles. The number of aromatic nitrogens is 1. The SMILES string of the molecule is COc1ccc(C(O)=C2C(=O)C(=O)N(CCCN(C)C)[C@@H]2c2ccncc2)cc1F. The largest absolute Gasteiger partial charge is 0.507 e. The Morgan fingerprint density at radius 1 is 1.23 bits per heavy atom. The van der Waals surface area contributed by atoms with Gasteiger partial charge >= 0.3 is 0 Å². The van der Waals surface area contributed by atoms with E-state index in [0.717, 1.165) is 12.6 Å². The van der Waals surface area contributed by atoms with E-state index < -0.39 is 29.3 Å². The lowest BCUT2D eigenvalue weighted by atomic mass is 9.96. The van der Waals surface area contributed by atoms with Crippen molar-refractivity contribution in [2.45, 2.75) is 12.5 Å². The monoisotopic (exact) mass is 413 g/mol. The van der Waals surface area contributed by atoms with E-state index in [2.05, 4.69) is 4.98 Å². The van der Waals surface area contributed by atoms with Gasteiger partial charge in [0.2, 0.25) is 0 Å². The molecule has 30 heavy (non-hydrogen) atoms. The molecule has 3 rings (SSSR count). The number of hydrogen-bond acceptors (Lipinski definition) is 6. The normalized spacial score (nSPS) is 18.3. The third-order valence-electron chi connectivity index (χ3n) is 4.99. The van der Waals surface area contributed by atoms with Crippen molar-refractivity contribution in [3.8, 4) is 5.75 Å². The van der Waals surface area contributed by atoms with Crippen LogP contribution in [0.5, 0.6) is 5.75 Å². The molecular weight excluding hydrogens is 389 g/mol. The van der Waals surface area contributed by atoms with Crippen molar-refractivity contribution in [3.63, 3.8) is 0 Å². The highest BCUT2D eigenvalue weighted by Crippen LogP contribution is 2.39. The van der Waals surface area contributed by atoms with Gasteiger partial charge in [0.1, 0.15) is 5.76 Å². The molecule has 158 valence electrons. The summed E-state index contributed by atoms with van der Waals surface area (Å²) in [6, 6.07) is 6.49. The van der Waals surface area contributed by atoms with Crippen LogP contribution in [0.3, 0.4) is 0 Å². The van der Waals surface area contributed by atoms with Crippen LogP contribution in [0.25, 0.3) is 5.76 Å². The van der Waals surface area contributed by atoms with Crippen LogP contribution in [0.2, 0.25) is 0 Å². The number of aliphatic hydroxyl groups excluding tert-OH is 1. The van der Waals surface area contributed by atoms with Gasteiger partial charge < -0.3 is 19.6 Å². The molecule has 1 aromatic carbocycles. The number of halogens is 1. The topological polar surface area (TPSA) is 83.0 Å². The second-order valence-corrected chi connectivity index (χ2v) is 7.28. The molecule has 2 heterocycles. The van der Waals surface area contributed by atoms with E-state index in [1.54, 1.807) is 24.5 Å². The summed E-state index contributed by atoms with van der Waals surface area (Å²) in [5.74, 6) is -2.57. The van der Waals surface area contributed by atoms with Crippen LogP contribution in [-0.4, -0.2) is 65.9 Å². The molecule has 1 atom stereocenters. The van der Waals surface area contributed by atoms with Crippen LogP contribution < -0.4 is 4.74 Å². The Balaban J connectivity index is 2.08. The summed E-state index contributed by atoms with van der Waals surface area (Å²) < 4.78 is 19.1. The first-order valence-corrected chi connectivity index (χ1v) is 9.52. The molecule has 8 heteroatoms. The third-order valence-corrected chi connectivity index (χ3v) is 4.99. The van der Waals surface area contributed by atoms with Crippen molar-refractivity contribution in [1.82, 2.24) is 14.8 Å². The predicted octanol–water partition coefficient (Wildman–Crippen LogP) is 2.60. The number of carbonyl (C=O) groups is 2. The first-order chi connectivity index (χ1) is 14.3. The average Bonchev–Trinajstić information content (AvgIpc) is 2.98. The minimum absolute atomic E-state index is 0.0152. The van der Waals surface area contributed by atoms with E-state index in [-0.39, 0.29) is 16.9 Å². The fraction of sp³-hybridized carbons (Fsp3) is 0.318. The highest BCUT2D eigenvalue weighted by molar-refractivity contribution is 6.46. The van der Waals surface area contributed by atoms with Gasteiger partial charge in [-0.3, -0.25) is 14.6 Å². The van der Waals surface area contributed by atoms with Crippen LogP contribution in [0, 0.1) is 5.82 Å². The summed E-state index contributed by atoms with van der Waals surface area (Å²) in [5, 5.41) is 10.9. The smallest absolute Gasteiger partial charge is 0.295 e. The molecule has 0 spiro atoms. The van der Waals surface area contributed by atoms with Crippen molar-refractivity contribution in [2.24, 2.45) is 0 Å². The number of ether oxygens (including phenoxy) is 1. The Morgan fingerprint density at radius 2 is 1.93 bits per heavy atom. The van der Waals surface area contributed by atoms with Crippen molar-refractivity contribution in [1.29, 1.82) is 0 Å². The van der Waals surface area contributed by atoms with Gasteiger partial charge in [0, 0.05) is 24.5 Å². The number of ketones is 1. The Labute approximate surface area is 174 Å². The zero-order valence-electron chi connectivity index (χ0n) is 17.1. The fourth-order valence-electron chi connectivity index (χ4n) is 3.53. The predicted molar refractivity (Wildman–Crippen MR) is 109 cm³/mol. The van der Waals surface area contributed by atoms with Crippen molar-refractivity contribution in [3.05, 3.63) is 65.2 Å². The highest BCUT2D eigenvalue weighted by atomic mass is 19.1. The lowest BCUT2D eigenvalue weighted by Crippen LogP contribution is -2.32. The minimum atomic E-state index is -0.796. The van der Waals surface area contributed by atoms with E-state index in [1.165, 1.54) is 24.1 Å². The Hall–Kier alpha value is -3.26. The number of pyridine rings is 1. The van der Waals surface area contributed by atoms with Gasteiger partial charge in [-0.1, -0.05) is 0 Å². The van der Waals surface area contributed by atoms with Crippen molar-refractivity contribution < 1.29 is 23.8 Å². The fourth-order valence-corrected chi connectivity index (χ4v) is 3.53. The quantitative estimate of drug-likeness (QED) is 0.427. The van der Waals surface area contributed by atoms with Crippen LogP contribution >= 0.6 is 0 Å². The number of nitrogens with zero attached hydrogens (tertiary/aromatic N) is 3. The van der Waals surface area contributed by atoms with Crippen molar-refractivity contribution >= 4 is 17.4 Å². The molecule has 0 bridgehead atoms. The molecular formula is C22H24FN3O4. The molecule has 1 N–H and O–H groups in total. The number of rotatable bonds is 7. The molecule has 1 saturated heterocycles. The standard InChI is InChI=1S/C22H24FN3O4/c1-25(2)11-4-12-26-19(14-7-9-24-10-8-14)18(21(28)22(26)29)20(27)15-5-6-17(30-3)16(23)13-15/h5-10,13,19,27H,4,11-12H2,1-3H3/t19-/m1/s1. The van der Waals surface area contributed by atoms with Crippen LogP contribution in [0.4, 0.5) is 4.39 Å². The molecule has 0 radical (unpaired) electrons. The molecule has 7 nitrogen and oxygen atoms in total. The average molecular weight is 413 g/mol. The number of hydrogen-bond donors (Lipinski definition) is 1. The van der Waals surface area contributed by atoms with Gasteiger partial charge in [0.05, 0.1) is 18.7 Å². The maximum absolute atomic E-state index is 14.2. The number of Topliss-reactive ketones (excluding diaryl/α,β-unsaturated/α-hetero) is 1. The van der Waals surface area contributed by atoms with Gasteiger partial charge in [-0.15, -0.1) is 0 Å². The van der Waals surface area contributed by atoms with Gasteiger partial charge in [0.25, 0.3) is 11.7 Å². The second kappa shape index (κ2) is 9.04. The lowest BCUT2D eigenvalue weighted by Gasteiger charge is -2.25. The molecule has 2 aromatic rings. The molecule has 1 amide bonds. The zero-order chi connectivity index (χ0) is 21.8. The van der Waals surface area contributed by atoms with Crippen molar-refractivity contribution in [2.75, 3.05) is 34.3 Å². The summed E-state index contributed by atoms with van der Waals surface area (Å²) in [5.41, 5.74) is 0.670. The third kappa shape index (κ3) is 4.18. The Bertz CT molecular complexity index is 976. The van der Waals surface area contributed by atoms with Crippen LogP contribution in [0.15, 0.2) is 48.3 Å². The maximum atomic E-state index is 14.2. The van der Waals surface area contributed by atoms with Gasteiger partial charge in [-0.05, 0) is 63.0 Å². The Kier molecular flexibility index (Phi) is 6.47. The lowest BCUT2D eigenvalue weighted by molar-refractivity contribution is -0.139. The van der Waals surface area contributed by atoms with E-state index in [1.807, 2.05) is 19.0 Å². The van der Waals surface area contributed by atoms with E-state index in [4.69, 9.17) is 4.74 Å². The summed E-state index contributed by atoms with van der Waals surface area (Å²) >= 11 is 0. The minimum Gasteiger partial charge on any atom is -0.507 e. The van der Waals surface area contributed by atoms with Crippen LogP contribution in [0.1, 0.15) is 23.6 Å². The summed E-state index contributed by atoms with van der Waals surface area (Å²) in [6.07, 6.45) is 3.77. The number of amides is 1. The zero-order valence-corrected chi connectivity index (χ0v) is 17.1. The first kappa shape index (κ1) is 21.4. The summed E-state index contributed by atoms with van der Waals surface area (Å²) in [7, 11) is 5.18. The number of carbonyl (C=O) groups excluding carboxylic acids is 2. The summed E-state index contributed by atoms with van der Waals surface area (Å²) in [6.45, 7) is 1.07. The van der Waals surface area contributed by atoms with Gasteiger partial charge in [0.15, 0.2) is 11.6 Å². The van der Waals surface area contributed by atoms with E-state index in [9.17, 15) is 19.1 Å². The molecule has 0 saturated carbocycles.